The van der Waals surface area contributed by atoms with E-state index in [1.54, 1.807) is 24.3 Å². The molecule has 0 radical (unpaired) electrons. The zero-order valence-corrected chi connectivity index (χ0v) is 8.98. The number of rotatable bonds is 5. The quantitative estimate of drug-likeness (QED) is 0.458. The van der Waals surface area contributed by atoms with Gasteiger partial charge < -0.3 is 5.73 Å². The van der Waals surface area contributed by atoms with Gasteiger partial charge >= 0.3 is 6.18 Å². The van der Waals surface area contributed by atoms with E-state index in [1.165, 1.54) is 18.4 Å². The van der Waals surface area contributed by atoms with Crippen molar-refractivity contribution in [3.8, 4) is 6.07 Å². The molecule has 0 aliphatic rings. The third-order valence-electron chi connectivity index (χ3n) is 1.45. The van der Waals surface area contributed by atoms with Gasteiger partial charge in [0.1, 0.15) is 11.8 Å². The molecule has 17 heavy (non-hydrogen) atoms. The highest BCUT2D eigenvalue weighted by Crippen LogP contribution is 2.18. The molecule has 6 heteroatoms. The van der Waals surface area contributed by atoms with Gasteiger partial charge in [-0.3, -0.25) is 4.99 Å². The molecule has 0 heterocycles. The summed E-state index contributed by atoms with van der Waals surface area (Å²) in [6, 6.07) is 1.73. The molecule has 2 N–H and O–H groups in total. The molecule has 0 rings (SSSR count). The molecule has 0 bridgehead atoms. The number of nitrogens with zero attached hydrogens (tertiary/aromatic N) is 2. The third-order valence-corrected chi connectivity index (χ3v) is 1.45. The molecule has 0 spiro atoms. The van der Waals surface area contributed by atoms with E-state index in [0.29, 0.717) is 0 Å². The lowest BCUT2D eigenvalue weighted by molar-refractivity contribution is -0.132. The molecular weight excluding hydrogens is 231 g/mol. The van der Waals surface area contributed by atoms with Crippen LogP contribution in [-0.4, -0.2) is 18.9 Å². The fourth-order valence-corrected chi connectivity index (χ4v) is 0.701. The highest BCUT2D eigenvalue weighted by Gasteiger charge is 2.25. The van der Waals surface area contributed by atoms with Crippen LogP contribution in [0.3, 0.4) is 0 Å². The van der Waals surface area contributed by atoms with Crippen LogP contribution in [0.5, 0.6) is 0 Å². The van der Waals surface area contributed by atoms with E-state index < -0.39 is 12.6 Å². The summed E-state index contributed by atoms with van der Waals surface area (Å²) in [5.41, 5.74) is 5.26. The minimum absolute atomic E-state index is 0.0773. The lowest BCUT2D eigenvalue weighted by Gasteiger charge is -2.01. The highest BCUT2D eigenvalue weighted by molar-refractivity contribution is 5.71. The molecule has 0 aliphatic heterocycles. The molecule has 0 aromatic heterocycles. The summed E-state index contributed by atoms with van der Waals surface area (Å²) in [6.07, 6.45) is 3.79. The second-order valence-electron chi connectivity index (χ2n) is 2.92. The van der Waals surface area contributed by atoms with Crippen LogP contribution in [-0.2, 0) is 0 Å². The molecule has 0 aromatic rings. The molecule has 92 valence electrons. The van der Waals surface area contributed by atoms with Crippen molar-refractivity contribution in [3.63, 3.8) is 0 Å². The van der Waals surface area contributed by atoms with Gasteiger partial charge in [-0.25, -0.2) is 0 Å². The Balaban J connectivity index is 3.82. The molecule has 0 saturated heterocycles. The Labute approximate surface area is 97.4 Å². The highest BCUT2D eigenvalue weighted by atomic mass is 19.4. The first-order chi connectivity index (χ1) is 7.95. The number of allylic oxidation sites excluding steroid dienone is 6. The summed E-state index contributed by atoms with van der Waals surface area (Å²) < 4.78 is 35.1. The van der Waals surface area contributed by atoms with Crippen molar-refractivity contribution in [2.45, 2.75) is 12.6 Å². The number of nitrogens with two attached hydrogens (primary N) is 1. The van der Waals surface area contributed by atoms with Crippen LogP contribution in [0.1, 0.15) is 6.42 Å². The summed E-state index contributed by atoms with van der Waals surface area (Å²) in [5, 5.41) is 8.29. The van der Waals surface area contributed by atoms with E-state index in [0.717, 1.165) is 0 Å². The Morgan fingerprint density at radius 3 is 2.47 bits per heavy atom. The predicted molar refractivity (Wildman–Crippen MR) is 60.2 cm³/mol. The molecular formula is C11H12F3N3. The Kier molecular flexibility index (Phi) is 7.19. The van der Waals surface area contributed by atoms with Crippen molar-refractivity contribution in [2.75, 3.05) is 6.54 Å². The minimum atomic E-state index is -4.17. The predicted octanol–water partition coefficient (Wildman–Crippen LogP) is 2.49. The first-order valence-corrected chi connectivity index (χ1v) is 4.71. The minimum Gasteiger partial charge on any atom is -0.390 e. The monoisotopic (exact) mass is 243 g/mol. The van der Waals surface area contributed by atoms with Crippen LogP contribution in [0, 0.1) is 11.3 Å². The van der Waals surface area contributed by atoms with Gasteiger partial charge in [-0.15, -0.1) is 0 Å². The van der Waals surface area contributed by atoms with Crippen molar-refractivity contribution in [2.24, 2.45) is 10.7 Å². The van der Waals surface area contributed by atoms with Crippen molar-refractivity contribution < 1.29 is 13.2 Å². The third kappa shape index (κ3) is 11.9. The summed E-state index contributed by atoms with van der Waals surface area (Å²) in [5.74, 6) is 0. The maximum Gasteiger partial charge on any atom is 0.390 e. The van der Waals surface area contributed by atoms with Crippen molar-refractivity contribution >= 4 is 6.21 Å². The van der Waals surface area contributed by atoms with Gasteiger partial charge in [-0.1, -0.05) is 18.2 Å². The van der Waals surface area contributed by atoms with Gasteiger partial charge in [-0.2, -0.15) is 18.4 Å². The summed E-state index contributed by atoms with van der Waals surface area (Å²) in [6.45, 7) is -0.279. The molecule has 3 nitrogen and oxygen atoms in total. The van der Waals surface area contributed by atoms with E-state index in [9.17, 15) is 13.2 Å². The zero-order valence-electron chi connectivity index (χ0n) is 8.98. The van der Waals surface area contributed by atoms with Crippen molar-refractivity contribution in [3.05, 3.63) is 36.1 Å². The number of hydrogen-bond donors (Lipinski definition) is 1. The van der Waals surface area contributed by atoms with Crippen LogP contribution in [0.15, 0.2) is 41.1 Å². The number of halogens is 3. The van der Waals surface area contributed by atoms with Gasteiger partial charge in [-0.05, 0) is 12.2 Å². The van der Waals surface area contributed by atoms with Gasteiger partial charge in [0.2, 0.25) is 0 Å². The summed E-state index contributed by atoms with van der Waals surface area (Å²) in [7, 11) is 0. The van der Waals surface area contributed by atoms with Crippen LogP contribution in [0.2, 0.25) is 0 Å². The van der Waals surface area contributed by atoms with Crippen LogP contribution < -0.4 is 5.73 Å². The molecule has 0 saturated carbocycles. The number of alkyl halides is 3. The second-order valence-corrected chi connectivity index (χ2v) is 2.92. The Morgan fingerprint density at radius 1 is 1.24 bits per heavy atom. The second kappa shape index (κ2) is 8.16. The van der Waals surface area contributed by atoms with Crippen LogP contribution >= 0.6 is 0 Å². The zero-order chi connectivity index (χ0) is 13.1. The Hall–Kier alpha value is -2.03. The molecule has 0 atom stereocenters. The number of nitriles is 1. The van der Waals surface area contributed by atoms with Crippen LogP contribution in [0.4, 0.5) is 13.2 Å². The lowest BCUT2D eigenvalue weighted by Crippen LogP contribution is -2.08. The first-order valence-electron chi connectivity index (χ1n) is 4.71. The molecule has 0 fully saturated rings. The normalized spacial score (nSPS) is 13.9. The molecule has 0 aromatic carbocycles. The van der Waals surface area contributed by atoms with E-state index in [2.05, 4.69) is 4.99 Å². The average Bonchev–Trinajstić information content (AvgIpc) is 2.25. The SMILES string of the molecule is N#CC(N)=CC=CC=CC=NCCC(F)(F)F. The van der Waals surface area contributed by atoms with Gasteiger partial charge in [0.05, 0.1) is 6.42 Å². The molecule has 0 amide bonds. The summed E-state index contributed by atoms with van der Waals surface area (Å²) >= 11 is 0. The average molecular weight is 243 g/mol. The smallest absolute Gasteiger partial charge is 0.390 e. The standard InChI is InChI=1S/C11H12F3N3/c12-11(13,14)6-8-17-7-4-2-1-3-5-10(16)9-15/h1-5,7H,6,8,16H2. The van der Waals surface area contributed by atoms with E-state index >= 15 is 0 Å². The van der Waals surface area contributed by atoms with Gasteiger partial charge in [0.25, 0.3) is 0 Å². The maximum atomic E-state index is 11.7. The Bertz CT molecular complexity index is 370. The molecule has 0 unspecified atom stereocenters. The topological polar surface area (TPSA) is 62.2 Å². The largest absolute Gasteiger partial charge is 0.390 e. The van der Waals surface area contributed by atoms with Gasteiger partial charge in [0, 0.05) is 12.8 Å². The Morgan fingerprint density at radius 2 is 1.88 bits per heavy atom. The number of hydrogen-bond acceptors (Lipinski definition) is 3. The fraction of sp³-hybridized carbons (Fsp3) is 0.273. The first kappa shape index (κ1) is 15.0. The maximum absolute atomic E-state index is 11.7. The lowest BCUT2D eigenvalue weighted by atomic mass is 10.4. The van der Waals surface area contributed by atoms with E-state index in [4.69, 9.17) is 11.0 Å². The van der Waals surface area contributed by atoms with Crippen molar-refractivity contribution in [1.29, 1.82) is 5.26 Å². The summed E-state index contributed by atoms with van der Waals surface area (Å²) in [4.78, 5) is 3.55. The van der Waals surface area contributed by atoms with Crippen molar-refractivity contribution in [1.82, 2.24) is 0 Å². The van der Waals surface area contributed by atoms with Crippen LogP contribution in [0.25, 0.3) is 0 Å². The molecule has 0 aliphatic carbocycles. The number of aliphatic imine (C=N–C) groups is 1. The van der Waals surface area contributed by atoms with E-state index in [1.807, 2.05) is 0 Å². The van der Waals surface area contributed by atoms with E-state index in [-0.39, 0.29) is 12.2 Å². The fourth-order valence-electron chi connectivity index (χ4n) is 0.701. The van der Waals surface area contributed by atoms with Gasteiger partial charge in [0.15, 0.2) is 0 Å².